The van der Waals surface area contributed by atoms with Crippen molar-refractivity contribution in [2.45, 2.75) is 50.1 Å². The number of carbonyl (C=O) groups is 1. The number of halogens is 2. The lowest BCUT2D eigenvalue weighted by Gasteiger charge is -2.34. The van der Waals surface area contributed by atoms with Crippen LogP contribution in [0.1, 0.15) is 24.8 Å². The summed E-state index contributed by atoms with van der Waals surface area (Å²) >= 11 is 6.62. The quantitative estimate of drug-likeness (QED) is 0.145. The molecule has 3 N–H and O–H groups in total. The number of aromatic nitrogens is 3. The van der Waals surface area contributed by atoms with E-state index in [-0.39, 0.29) is 41.7 Å². The summed E-state index contributed by atoms with van der Waals surface area (Å²) in [5.74, 6) is 0.232. The summed E-state index contributed by atoms with van der Waals surface area (Å²) in [4.78, 5) is 30.9. The van der Waals surface area contributed by atoms with Crippen LogP contribution in [0, 0.1) is 5.82 Å². The summed E-state index contributed by atoms with van der Waals surface area (Å²) in [5, 5.41) is 18.4. The second-order valence-electron chi connectivity index (χ2n) is 14.0. The lowest BCUT2D eigenvalue weighted by atomic mass is 10.0. The van der Waals surface area contributed by atoms with Gasteiger partial charge in [-0.05, 0) is 49.0 Å². The highest BCUT2D eigenvalue weighted by Crippen LogP contribution is 2.38. The van der Waals surface area contributed by atoms with Gasteiger partial charge >= 0.3 is 12.1 Å². The second-order valence-corrected chi connectivity index (χ2v) is 14.4. The average molecular weight is 742 g/mol. The molecule has 8 rings (SSSR count). The number of rotatable bonds is 11. The monoisotopic (exact) mass is 741 g/mol. The van der Waals surface area contributed by atoms with Gasteiger partial charge in [-0.15, -0.1) is 0 Å². The van der Waals surface area contributed by atoms with E-state index in [1.165, 1.54) is 0 Å². The summed E-state index contributed by atoms with van der Waals surface area (Å²) in [6, 6.07) is 18.6. The molecule has 0 radical (unpaired) electrons. The number of nitrogens with one attached hydrogen (secondary N) is 2. The number of carbonyl (C=O) groups excluding carboxylic acids is 1. The van der Waals surface area contributed by atoms with Crippen LogP contribution >= 0.6 is 11.6 Å². The number of benzene rings is 3. The van der Waals surface area contributed by atoms with E-state index in [1.807, 2.05) is 37.4 Å². The van der Waals surface area contributed by atoms with Crippen LogP contribution in [0.2, 0.25) is 5.02 Å². The maximum Gasteiger partial charge on any atom is 0.407 e. The van der Waals surface area contributed by atoms with Crippen LogP contribution in [-0.2, 0) is 16.1 Å². The molecular weight excluding hydrogens is 701 g/mol. The molecule has 53 heavy (non-hydrogen) atoms. The predicted octanol–water partition coefficient (Wildman–Crippen LogP) is 5.68. The molecule has 14 heteroatoms. The van der Waals surface area contributed by atoms with Gasteiger partial charge in [0.1, 0.15) is 35.5 Å². The molecule has 276 valence electrons. The molecule has 12 nitrogen and oxygen atoms in total. The van der Waals surface area contributed by atoms with Crippen molar-refractivity contribution >= 4 is 45.2 Å². The number of alkyl carbamates (subject to hydrolysis) is 1. The van der Waals surface area contributed by atoms with Gasteiger partial charge in [0, 0.05) is 72.9 Å². The molecule has 2 bridgehead atoms. The van der Waals surface area contributed by atoms with Crippen LogP contribution in [0.5, 0.6) is 11.8 Å². The number of hydrogen-bond acceptors (Lipinski definition) is 11. The van der Waals surface area contributed by atoms with Gasteiger partial charge in [-0.2, -0.15) is 9.97 Å². The molecule has 0 aliphatic carbocycles. The Morgan fingerprint density at radius 3 is 2.62 bits per heavy atom. The predicted molar refractivity (Wildman–Crippen MR) is 200 cm³/mol. The molecule has 5 heterocycles. The Bertz CT molecular complexity index is 2110. The van der Waals surface area contributed by atoms with Crippen LogP contribution < -0.4 is 20.3 Å². The van der Waals surface area contributed by atoms with E-state index in [2.05, 4.69) is 30.4 Å². The smallest absolute Gasteiger partial charge is 0.407 e. The first-order valence-corrected chi connectivity index (χ1v) is 18.3. The molecule has 3 saturated heterocycles. The van der Waals surface area contributed by atoms with Crippen molar-refractivity contribution in [3.8, 4) is 23.0 Å². The van der Waals surface area contributed by atoms with Gasteiger partial charge in [0.25, 0.3) is 0 Å². The molecule has 5 aromatic rings. The maximum atomic E-state index is 16.7. The number of anilines is 1. The number of phenolic OH excluding ortho intramolecular Hbond substituents is 1. The fourth-order valence-electron chi connectivity index (χ4n) is 7.66. The van der Waals surface area contributed by atoms with E-state index in [0.29, 0.717) is 66.6 Å². The number of ether oxygens (including phenoxy) is 3. The number of piperazine rings is 1. The van der Waals surface area contributed by atoms with Crippen molar-refractivity contribution in [1.82, 2.24) is 30.5 Å². The van der Waals surface area contributed by atoms with E-state index in [9.17, 15) is 9.90 Å². The summed E-state index contributed by atoms with van der Waals surface area (Å²) in [6.07, 6.45) is 3.51. The molecule has 3 aliphatic rings. The van der Waals surface area contributed by atoms with Gasteiger partial charge in [0.15, 0.2) is 5.82 Å². The fourth-order valence-corrected chi connectivity index (χ4v) is 7.94. The minimum Gasteiger partial charge on any atom is -0.508 e. The van der Waals surface area contributed by atoms with Crippen molar-refractivity contribution in [2.75, 3.05) is 51.3 Å². The average Bonchev–Trinajstić information content (AvgIpc) is 3.69. The Balaban J connectivity index is 0.962. The third-order valence-electron chi connectivity index (χ3n) is 10.3. The Kier molecular flexibility index (Phi) is 10.1. The van der Waals surface area contributed by atoms with Crippen LogP contribution in [0.15, 0.2) is 66.9 Å². The number of likely N-dealkylation sites (tertiary alicyclic amines) is 1. The third kappa shape index (κ3) is 7.65. The molecular formula is C39H41ClFN7O5. The Hall–Kier alpha value is -4.82. The van der Waals surface area contributed by atoms with Crippen molar-refractivity contribution < 1.29 is 28.5 Å². The van der Waals surface area contributed by atoms with Crippen molar-refractivity contribution in [1.29, 1.82) is 0 Å². The van der Waals surface area contributed by atoms with E-state index in [0.717, 1.165) is 42.3 Å². The third-order valence-corrected chi connectivity index (χ3v) is 10.6. The van der Waals surface area contributed by atoms with Gasteiger partial charge in [-0.3, -0.25) is 9.88 Å². The van der Waals surface area contributed by atoms with Crippen LogP contribution in [0.3, 0.4) is 0 Å². The number of hydrogen-bond donors (Lipinski definition) is 3. The van der Waals surface area contributed by atoms with Crippen LogP contribution in [0.4, 0.5) is 15.0 Å². The van der Waals surface area contributed by atoms with Gasteiger partial charge in [0.2, 0.25) is 0 Å². The molecule has 0 spiro atoms. The number of aromatic hydroxyl groups is 1. The first-order chi connectivity index (χ1) is 25.8. The van der Waals surface area contributed by atoms with Gasteiger partial charge in [0.05, 0.1) is 18.6 Å². The highest BCUT2D eigenvalue weighted by Gasteiger charge is 2.35. The zero-order chi connectivity index (χ0) is 36.5. The van der Waals surface area contributed by atoms with Gasteiger partial charge in [-0.1, -0.05) is 54.1 Å². The zero-order valence-corrected chi connectivity index (χ0v) is 30.1. The molecule has 1 amide bonds. The number of likely N-dealkylation sites (N-methyl/N-ethyl adjacent to an activating group) is 1. The largest absolute Gasteiger partial charge is 0.508 e. The minimum atomic E-state index is -0.565. The van der Waals surface area contributed by atoms with E-state index in [1.54, 1.807) is 36.5 Å². The van der Waals surface area contributed by atoms with Crippen molar-refractivity contribution in [3.63, 3.8) is 0 Å². The highest BCUT2D eigenvalue weighted by molar-refractivity contribution is 6.36. The molecule has 4 atom stereocenters. The maximum absolute atomic E-state index is 16.7. The Morgan fingerprint density at radius 2 is 1.83 bits per heavy atom. The van der Waals surface area contributed by atoms with E-state index in [4.69, 9.17) is 30.8 Å². The normalized spacial score (nSPS) is 21.4. The Labute approximate surface area is 311 Å². The molecule has 0 saturated carbocycles. The lowest BCUT2D eigenvalue weighted by molar-refractivity contribution is 0.0917. The van der Waals surface area contributed by atoms with Crippen LogP contribution in [0.25, 0.3) is 32.9 Å². The van der Waals surface area contributed by atoms with Crippen molar-refractivity contribution in [3.05, 3.63) is 83.3 Å². The molecule has 2 unspecified atom stereocenters. The van der Waals surface area contributed by atoms with Crippen molar-refractivity contribution in [2.24, 2.45) is 0 Å². The molecule has 2 aromatic heterocycles. The SMILES string of the molecule is CN1C[C@H](OC(=O)NCCOCc2ccc(O)cc2)C[C@H]1COc1nc(N2CC3CCC(C2)N3)c2cnc(-c3cccc4cccc(Cl)c34)c(F)c2n1. The van der Waals surface area contributed by atoms with Gasteiger partial charge in [-0.25, -0.2) is 9.18 Å². The standard InChI is InChI=1S/C39H41ClFN7O5/c1-47-20-29(53-39(50)42-14-15-51-21-23-8-12-28(49)13-9-23)16-27(47)22-52-38-45-36-31(37(46-38)48-18-25-10-11-26(19-48)44-25)17-43-35(34(36)41)30-6-2-4-24-5-3-7-32(40)33(24)30/h2-9,12-13,17,25-27,29,44,49H,10-11,14-16,18-22H2,1H3,(H,42,50)/t25?,26?,27-,29+/m0/s1. The first-order valence-electron chi connectivity index (χ1n) is 18.0. The van der Waals surface area contributed by atoms with E-state index >= 15 is 4.39 Å². The van der Waals surface area contributed by atoms with Crippen LogP contribution in [-0.4, -0.2) is 102 Å². The summed E-state index contributed by atoms with van der Waals surface area (Å²) in [6.45, 7) is 3.21. The first kappa shape index (κ1) is 35.2. The zero-order valence-electron chi connectivity index (χ0n) is 29.3. The number of fused-ring (bicyclic) bond motifs is 4. The number of phenols is 1. The molecule has 3 aromatic carbocycles. The topological polar surface area (TPSA) is 134 Å². The van der Waals surface area contributed by atoms with Gasteiger partial charge < -0.3 is 34.9 Å². The number of nitrogens with zero attached hydrogens (tertiary/aromatic N) is 5. The number of amides is 1. The number of pyridine rings is 1. The second kappa shape index (κ2) is 15.3. The summed E-state index contributed by atoms with van der Waals surface area (Å²) in [5.41, 5.74) is 1.80. The minimum absolute atomic E-state index is 0.0770. The fraction of sp³-hybridized carbons (Fsp3) is 0.385. The lowest BCUT2D eigenvalue weighted by Crippen LogP contribution is -2.51. The molecule has 3 fully saturated rings. The summed E-state index contributed by atoms with van der Waals surface area (Å²) < 4.78 is 34.3. The van der Waals surface area contributed by atoms with E-state index < -0.39 is 11.9 Å². The highest BCUT2D eigenvalue weighted by atomic mass is 35.5. The Morgan fingerprint density at radius 1 is 1.06 bits per heavy atom. The summed E-state index contributed by atoms with van der Waals surface area (Å²) in [7, 11) is 1.95. The molecule has 3 aliphatic heterocycles.